The van der Waals surface area contributed by atoms with Gasteiger partial charge in [-0.25, -0.2) is 9.78 Å². The molecule has 0 fully saturated rings. The van der Waals surface area contributed by atoms with Crippen LogP contribution in [-0.2, 0) is 4.74 Å². The van der Waals surface area contributed by atoms with Gasteiger partial charge in [-0.2, -0.15) is 0 Å². The predicted molar refractivity (Wildman–Crippen MR) is 57.8 cm³/mol. The third kappa shape index (κ3) is 5.34. The largest absolute Gasteiger partial charge is 0.477 e. The van der Waals surface area contributed by atoms with Gasteiger partial charge in [-0.15, -0.1) is 0 Å². The first-order valence-corrected chi connectivity index (χ1v) is 5.36. The lowest BCUT2D eigenvalue weighted by Gasteiger charge is -1.98. The molecule has 0 saturated heterocycles. The molecule has 0 amide bonds. The normalized spacial score (nSPS) is 9.00. The van der Waals surface area contributed by atoms with E-state index >= 15 is 0 Å². The SMILES string of the molecule is CC.COCCOc1ncc(C(=O)O)s1. The number of hydrogen-bond donors (Lipinski definition) is 1. The van der Waals surface area contributed by atoms with Crippen LogP contribution in [0.15, 0.2) is 6.20 Å². The first-order chi connectivity index (χ1) is 7.24. The molecule has 1 rings (SSSR count). The number of methoxy groups -OCH3 is 1. The van der Waals surface area contributed by atoms with E-state index in [1.165, 1.54) is 6.20 Å². The maximum Gasteiger partial charge on any atom is 0.347 e. The summed E-state index contributed by atoms with van der Waals surface area (Å²) in [6, 6.07) is 0. The van der Waals surface area contributed by atoms with Crippen molar-refractivity contribution < 1.29 is 19.4 Å². The molecule has 0 aliphatic rings. The molecular weight excluding hydrogens is 218 g/mol. The Labute approximate surface area is 92.7 Å². The average molecular weight is 233 g/mol. The monoisotopic (exact) mass is 233 g/mol. The highest BCUT2D eigenvalue weighted by Crippen LogP contribution is 2.19. The molecule has 1 N–H and O–H groups in total. The summed E-state index contributed by atoms with van der Waals surface area (Å²) in [6.45, 7) is 4.84. The number of aromatic nitrogens is 1. The van der Waals surface area contributed by atoms with Crippen LogP contribution < -0.4 is 4.74 Å². The number of rotatable bonds is 5. The second-order valence-electron chi connectivity index (χ2n) is 2.14. The van der Waals surface area contributed by atoms with Crippen molar-refractivity contribution in [1.29, 1.82) is 0 Å². The summed E-state index contributed by atoms with van der Waals surface area (Å²) in [5.41, 5.74) is 0. The van der Waals surface area contributed by atoms with E-state index in [1.54, 1.807) is 7.11 Å². The highest BCUT2D eigenvalue weighted by molar-refractivity contribution is 7.15. The minimum Gasteiger partial charge on any atom is -0.477 e. The van der Waals surface area contributed by atoms with E-state index in [2.05, 4.69) is 4.98 Å². The molecule has 0 radical (unpaired) electrons. The quantitative estimate of drug-likeness (QED) is 0.786. The van der Waals surface area contributed by atoms with Crippen LogP contribution in [0.25, 0.3) is 0 Å². The zero-order valence-electron chi connectivity index (χ0n) is 9.02. The Balaban J connectivity index is 0.000000921. The second-order valence-corrected chi connectivity index (χ2v) is 3.13. The molecule has 1 aromatic heterocycles. The van der Waals surface area contributed by atoms with Gasteiger partial charge in [0.05, 0.1) is 12.8 Å². The van der Waals surface area contributed by atoms with Gasteiger partial charge in [0, 0.05) is 7.11 Å². The molecule has 1 aromatic rings. The van der Waals surface area contributed by atoms with Crippen molar-refractivity contribution in [2.75, 3.05) is 20.3 Å². The summed E-state index contributed by atoms with van der Waals surface area (Å²) in [5, 5.41) is 8.92. The zero-order valence-corrected chi connectivity index (χ0v) is 9.84. The third-order valence-electron chi connectivity index (χ3n) is 1.21. The van der Waals surface area contributed by atoms with Crippen LogP contribution in [0.3, 0.4) is 0 Å². The molecular formula is C9H15NO4S. The topological polar surface area (TPSA) is 68.7 Å². The van der Waals surface area contributed by atoms with E-state index in [0.717, 1.165) is 11.3 Å². The standard InChI is InChI=1S/C7H9NO4S.C2H6/c1-11-2-3-12-7-8-4-5(13-7)6(9)10;1-2/h4H,2-3H2,1H3,(H,9,10);1-2H3. The smallest absolute Gasteiger partial charge is 0.347 e. The summed E-state index contributed by atoms with van der Waals surface area (Å²) in [7, 11) is 1.56. The van der Waals surface area contributed by atoms with Crippen LogP contribution in [0.4, 0.5) is 0 Å². The maximum atomic E-state index is 10.4. The van der Waals surface area contributed by atoms with E-state index in [9.17, 15) is 4.79 Å². The van der Waals surface area contributed by atoms with Gasteiger partial charge in [0.15, 0.2) is 0 Å². The molecule has 0 aromatic carbocycles. The van der Waals surface area contributed by atoms with Crippen molar-refractivity contribution in [3.63, 3.8) is 0 Å². The van der Waals surface area contributed by atoms with Gasteiger partial charge in [0.25, 0.3) is 5.19 Å². The Morgan fingerprint density at radius 1 is 1.53 bits per heavy atom. The van der Waals surface area contributed by atoms with Crippen molar-refractivity contribution in [3.05, 3.63) is 11.1 Å². The summed E-state index contributed by atoms with van der Waals surface area (Å²) < 4.78 is 9.85. The lowest BCUT2D eigenvalue weighted by molar-refractivity contribution is 0.0702. The number of carbonyl (C=O) groups is 1. The van der Waals surface area contributed by atoms with Gasteiger partial charge >= 0.3 is 5.97 Å². The van der Waals surface area contributed by atoms with E-state index in [4.69, 9.17) is 14.6 Å². The number of aromatic carboxylic acids is 1. The average Bonchev–Trinajstić information content (AvgIpc) is 2.70. The van der Waals surface area contributed by atoms with E-state index in [0.29, 0.717) is 18.4 Å². The fourth-order valence-corrected chi connectivity index (χ4v) is 1.26. The minimum absolute atomic E-state index is 0.174. The Bertz CT molecular complexity index is 287. The lowest BCUT2D eigenvalue weighted by atomic mass is 10.6. The van der Waals surface area contributed by atoms with Crippen molar-refractivity contribution in [2.45, 2.75) is 13.8 Å². The number of ether oxygens (including phenoxy) is 2. The molecule has 0 unspecified atom stereocenters. The molecule has 86 valence electrons. The van der Waals surface area contributed by atoms with Gasteiger partial charge in [-0.3, -0.25) is 0 Å². The summed E-state index contributed by atoms with van der Waals surface area (Å²) in [4.78, 5) is 14.4. The molecule has 0 atom stereocenters. The Kier molecular flexibility index (Phi) is 7.57. The molecule has 6 heteroatoms. The van der Waals surface area contributed by atoms with Crippen LogP contribution in [-0.4, -0.2) is 36.4 Å². The second kappa shape index (κ2) is 8.19. The highest BCUT2D eigenvalue weighted by Gasteiger charge is 2.08. The molecule has 0 bridgehead atoms. The maximum absolute atomic E-state index is 10.4. The molecule has 0 saturated carbocycles. The predicted octanol–water partition coefficient (Wildman–Crippen LogP) is 1.89. The molecule has 15 heavy (non-hydrogen) atoms. The van der Waals surface area contributed by atoms with E-state index < -0.39 is 5.97 Å². The number of nitrogens with zero attached hydrogens (tertiary/aromatic N) is 1. The third-order valence-corrected chi connectivity index (χ3v) is 2.11. The van der Waals surface area contributed by atoms with Crippen LogP contribution >= 0.6 is 11.3 Å². The zero-order chi connectivity index (χ0) is 11.7. The van der Waals surface area contributed by atoms with Crippen LogP contribution in [0.5, 0.6) is 5.19 Å². The molecule has 5 nitrogen and oxygen atoms in total. The molecule has 1 heterocycles. The van der Waals surface area contributed by atoms with Gasteiger partial charge in [-0.05, 0) is 0 Å². The summed E-state index contributed by atoms with van der Waals surface area (Å²) in [6.07, 6.45) is 1.27. The lowest BCUT2D eigenvalue weighted by Crippen LogP contribution is -2.03. The van der Waals surface area contributed by atoms with Gasteiger partial charge in [0.2, 0.25) is 0 Å². The number of carboxylic acid groups (broad SMARTS) is 1. The van der Waals surface area contributed by atoms with Gasteiger partial charge in [0.1, 0.15) is 11.5 Å². The van der Waals surface area contributed by atoms with Crippen molar-refractivity contribution in [2.24, 2.45) is 0 Å². The van der Waals surface area contributed by atoms with Crippen LogP contribution in [0, 0.1) is 0 Å². The molecule has 0 aliphatic heterocycles. The number of carboxylic acids is 1. The van der Waals surface area contributed by atoms with Gasteiger partial charge < -0.3 is 14.6 Å². The summed E-state index contributed by atoms with van der Waals surface area (Å²) >= 11 is 1.00. The number of hydrogen-bond acceptors (Lipinski definition) is 5. The van der Waals surface area contributed by atoms with Gasteiger partial charge in [-0.1, -0.05) is 25.2 Å². The van der Waals surface area contributed by atoms with E-state index in [1.807, 2.05) is 13.8 Å². The van der Waals surface area contributed by atoms with Crippen molar-refractivity contribution in [1.82, 2.24) is 4.98 Å². The Morgan fingerprint density at radius 2 is 2.20 bits per heavy atom. The van der Waals surface area contributed by atoms with E-state index in [-0.39, 0.29) is 4.88 Å². The fourth-order valence-electron chi connectivity index (χ4n) is 0.636. The first kappa shape index (κ1) is 13.9. The minimum atomic E-state index is -0.987. The fraction of sp³-hybridized carbons (Fsp3) is 0.556. The van der Waals surface area contributed by atoms with Crippen LogP contribution in [0.2, 0.25) is 0 Å². The van der Waals surface area contributed by atoms with Crippen molar-refractivity contribution in [3.8, 4) is 5.19 Å². The molecule has 0 spiro atoms. The van der Waals surface area contributed by atoms with Crippen LogP contribution in [0.1, 0.15) is 23.5 Å². The summed E-state index contributed by atoms with van der Waals surface area (Å²) in [5.74, 6) is -0.987. The first-order valence-electron chi connectivity index (χ1n) is 4.55. The molecule has 0 aliphatic carbocycles. The van der Waals surface area contributed by atoms with Crippen molar-refractivity contribution >= 4 is 17.3 Å². The highest BCUT2D eigenvalue weighted by atomic mass is 32.1. The Hall–Kier alpha value is -1.14. The Morgan fingerprint density at radius 3 is 2.67 bits per heavy atom. The number of thiazole rings is 1.